The average Bonchev–Trinajstić information content (AvgIpc) is 3.13. The van der Waals surface area contributed by atoms with Crippen LogP contribution in [0, 0.1) is 0 Å². The van der Waals surface area contributed by atoms with E-state index in [4.69, 9.17) is 9.47 Å². The lowest BCUT2D eigenvalue weighted by Gasteiger charge is -2.22. The van der Waals surface area contributed by atoms with Gasteiger partial charge in [0.1, 0.15) is 13.2 Å². The zero-order chi connectivity index (χ0) is 19.3. The first kappa shape index (κ1) is 18.8. The second-order valence-electron chi connectivity index (χ2n) is 7.48. The van der Waals surface area contributed by atoms with Crippen LogP contribution in [0.5, 0.6) is 11.5 Å². The van der Waals surface area contributed by atoms with Gasteiger partial charge in [0.05, 0.1) is 0 Å². The van der Waals surface area contributed by atoms with Crippen LogP contribution in [0.4, 0.5) is 0 Å². The van der Waals surface area contributed by atoms with E-state index in [0.717, 1.165) is 37.4 Å². The van der Waals surface area contributed by atoms with Crippen LogP contribution in [0.2, 0.25) is 0 Å². The molecule has 1 unspecified atom stereocenters. The summed E-state index contributed by atoms with van der Waals surface area (Å²) in [6.45, 7) is 5.78. The Labute approximate surface area is 166 Å². The normalized spacial score (nSPS) is 17.0. The van der Waals surface area contributed by atoms with Crippen molar-refractivity contribution < 1.29 is 14.3 Å². The van der Waals surface area contributed by atoms with Crippen molar-refractivity contribution >= 4 is 5.91 Å². The smallest absolute Gasteiger partial charge is 0.222 e. The van der Waals surface area contributed by atoms with E-state index < -0.39 is 0 Å². The fourth-order valence-electron chi connectivity index (χ4n) is 3.95. The summed E-state index contributed by atoms with van der Waals surface area (Å²) >= 11 is 0. The lowest BCUT2D eigenvalue weighted by Crippen LogP contribution is -2.24. The molecular weight excluding hydrogens is 352 g/mol. The first-order valence-corrected chi connectivity index (χ1v) is 10.2. The highest BCUT2D eigenvalue weighted by Crippen LogP contribution is 2.33. The highest BCUT2D eigenvalue weighted by atomic mass is 16.6. The molecule has 4 rings (SSSR count). The van der Waals surface area contributed by atoms with Gasteiger partial charge in [-0.15, -0.1) is 0 Å². The number of rotatable bonds is 7. The van der Waals surface area contributed by atoms with Crippen LogP contribution >= 0.6 is 0 Å². The molecule has 1 fully saturated rings. The molecule has 28 heavy (non-hydrogen) atoms. The van der Waals surface area contributed by atoms with Crippen LogP contribution in [-0.4, -0.2) is 30.6 Å². The number of benzene rings is 2. The van der Waals surface area contributed by atoms with E-state index in [-0.39, 0.29) is 11.9 Å². The lowest BCUT2D eigenvalue weighted by atomic mass is 10.0. The van der Waals surface area contributed by atoms with E-state index in [1.165, 1.54) is 16.7 Å². The van der Waals surface area contributed by atoms with Gasteiger partial charge in [-0.3, -0.25) is 4.79 Å². The van der Waals surface area contributed by atoms with Crippen molar-refractivity contribution in [3.63, 3.8) is 0 Å². The van der Waals surface area contributed by atoms with E-state index in [1.807, 2.05) is 11.0 Å². The minimum absolute atomic E-state index is 0.250. The summed E-state index contributed by atoms with van der Waals surface area (Å²) < 4.78 is 11.3. The Morgan fingerprint density at radius 3 is 2.68 bits per heavy atom. The monoisotopic (exact) mass is 380 g/mol. The third-order valence-corrected chi connectivity index (χ3v) is 5.47. The van der Waals surface area contributed by atoms with Gasteiger partial charge in [-0.1, -0.05) is 37.3 Å². The number of nitrogens with one attached hydrogen (secondary N) is 1. The van der Waals surface area contributed by atoms with Crippen molar-refractivity contribution in [1.29, 1.82) is 0 Å². The Morgan fingerprint density at radius 1 is 1.07 bits per heavy atom. The molecule has 1 atom stereocenters. The fourth-order valence-corrected chi connectivity index (χ4v) is 3.95. The Bertz CT molecular complexity index is 836. The molecule has 5 heteroatoms. The standard InChI is InChI=1S/C23H28N2O3/c1-2-20(19-8-9-21-22(14-19)28-12-11-27-21)24-15-17-5-3-6-18(13-17)16-25-10-4-7-23(25)26/h3,5-6,8-9,13-14,20,24H,2,4,7,10-12,15-16H2,1H3. The second kappa shape index (κ2) is 8.65. The lowest BCUT2D eigenvalue weighted by molar-refractivity contribution is -0.128. The van der Waals surface area contributed by atoms with E-state index in [1.54, 1.807) is 0 Å². The Balaban J connectivity index is 1.40. The van der Waals surface area contributed by atoms with Gasteiger partial charge in [-0.05, 0) is 41.7 Å². The van der Waals surface area contributed by atoms with Crippen LogP contribution in [0.1, 0.15) is 48.9 Å². The van der Waals surface area contributed by atoms with Crippen molar-refractivity contribution in [3.05, 3.63) is 59.2 Å². The number of fused-ring (bicyclic) bond motifs is 1. The fraction of sp³-hybridized carbons (Fsp3) is 0.435. The van der Waals surface area contributed by atoms with Gasteiger partial charge in [-0.25, -0.2) is 0 Å². The van der Waals surface area contributed by atoms with Crippen molar-refractivity contribution in [1.82, 2.24) is 10.2 Å². The van der Waals surface area contributed by atoms with Gasteiger partial charge < -0.3 is 19.7 Å². The second-order valence-corrected chi connectivity index (χ2v) is 7.48. The Morgan fingerprint density at radius 2 is 1.89 bits per heavy atom. The van der Waals surface area contributed by atoms with E-state index in [2.05, 4.69) is 48.6 Å². The number of hydrogen-bond acceptors (Lipinski definition) is 4. The molecule has 2 heterocycles. The summed E-state index contributed by atoms with van der Waals surface area (Å²) in [4.78, 5) is 13.8. The molecule has 0 aliphatic carbocycles. The predicted octanol–water partition coefficient (Wildman–Crippen LogP) is 3.82. The number of hydrogen-bond donors (Lipinski definition) is 1. The Hall–Kier alpha value is -2.53. The summed E-state index contributed by atoms with van der Waals surface area (Å²) in [6.07, 6.45) is 2.66. The maximum Gasteiger partial charge on any atom is 0.222 e. The summed E-state index contributed by atoms with van der Waals surface area (Å²) in [5, 5.41) is 3.66. The molecule has 1 saturated heterocycles. The quantitative estimate of drug-likeness (QED) is 0.793. The number of ether oxygens (including phenoxy) is 2. The first-order valence-electron chi connectivity index (χ1n) is 10.2. The highest BCUT2D eigenvalue weighted by molar-refractivity contribution is 5.78. The van der Waals surface area contributed by atoms with Gasteiger partial charge >= 0.3 is 0 Å². The van der Waals surface area contributed by atoms with Crippen LogP contribution in [0.15, 0.2) is 42.5 Å². The molecule has 1 N–H and O–H groups in total. The molecule has 0 saturated carbocycles. The molecule has 2 aliphatic heterocycles. The van der Waals surface area contributed by atoms with Crippen LogP contribution < -0.4 is 14.8 Å². The maximum absolute atomic E-state index is 11.9. The summed E-state index contributed by atoms with van der Waals surface area (Å²) in [5.41, 5.74) is 3.65. The highest BCUT2D eigenvalue weighted by Gasteiger charge is 2.20. The largest absolute Gasteiger partial charge is 0.486 e. The Kier molecular flexibility index (Phi) is 5.81. The number of carbonyl (C=O) groups excluding carboxylic acids is 1. The molecule has 5 nitrogen and oxygen atoms in total. The van der Waals surface area contributed by atoms with Gasteiger partial charge in [0.15, 0.2) is 11.5 Å². The van der Waals surface area contributed by atoms with Gasteiger partial charge in [0.25, 0.3) is 0 Å². The van der Waals surface area contributed by atoms with E-state index in [9.17, 15) is 4.79 Å². The average molecular weight is 380 g/mol. The third kappa shape index (κ3) is 4.30. The predicted molar refractivity (Wildman–Crippen MR) is 108 cm³/mol. The zero-order valence-corrected chi connectivity index (χ0v) is 16.4. The molecule has 1 amide bonds. The zero-order valence-electron chi connectivity index (χ0n) is 16.4. The molecule has 0 aromatic heterocycles. The van der Waals surface area contributed by atoms with Crippen molar-refractivity contribution in [3.8, 4) is 11.5 Å². The minimum Gasteiger partial charge on any atom is -0.486 e. The van der Waals surface area contributed by atoms with Gasteiger partial charge in [0.2, 0.25) is 5.91 Å². The molecule has 148 valence electrons. The maximum atomic E-state index is 11.9. The minimum atomic E-state index is 0.250. The van der Waals surface area contributed by atoms with Gasteiger partial charge in [0, 0.05) is 32.1 Å². The molecule has 2 aliphatic rings. The van der Waals surface area contributed by atoms with Crippen LogP contribution in [0.25, 0.3) is 0 Å². The number of nitrogens with zero attached hydrogens (tertiary/aromatic N) is 1. The summed E-state index contributed by atoms with van der Waals surface area (Å²) in [7, 11) is 0. The van der Waals surface area contributed by atoms with E-state index in [0.29, 0.717) is 26.2 Å². The summed E-state index contributed by atoms with van der Waals surface area (Å²) in [5.74, 6) is 1.93. The number of amides is 1. The number of carbonyl (C=O) groups is 1. The SMILES string of the molecule is CCC(NCc1cccc(CN2CCCC2=O)c1)c1ccc2c(c1)OCCO2. The molecule has 0 spiro atoms. The van der Waals surface area contributed by atoms with Crippen molar-refractivity contribution in [2.45, 2.75) is 45.3 Å². The van der Waals surface area contributed by atoms with Crippen LogP contribution in [-0.2, 0) is 17.9 Å². The first-order chi connectivity index (χ1) is 13.7. The number of likely N-dealkylation sites (tertiary alicyclic amines) is 1. The van der Waals surface area contributed by atoms with Gasteiger partial charge in [-0.2, -0.15) is 0 Å². The molecule has 2 aromatic rings. The van der Waals surface area contributed by atoms with Crippen molar-refractivity contribution in [2.75, 3.05) is 19.8 Å². The summed E-state index contributed by atoms with van der Waals surface area (Å²) in [6, 6.07) is 15.0. The molecule has 0 radical (unpaired) electrons. The molecular formula is C23H28N2O3. The third-order valence-electron chi connectivity index (χ3n) is 5.47. The molecule has 0 bridgehead atoms. The molecule has 2 aromatic carbocycles. The van der Waals surface area contributed by atoms with E-state index >= 15 is 0 Å². The van der Waals surface area contributed by atoms with Crippen LogP contribution in [0.3, 0.4) is 0 Å². The van der Waals surface area contributed by atoms with Crippen molar-refractivity contribution in [2.24, 2.45) is 0 Å². The topological polar surface area (TPSA) is 50.8 Å².